The summed E-state index contributed by atoms with van der Waals surface area (Å²) in [5, 5.41) is 3.36. The van der Waals surface area contributed by atoms with Gasteiger partial charge in [-0.15, -0.1) is 0 Å². The monoisotopic (exact) mass is 356 g/mol. The van der Waals surface area contributed by atoms with Crippen molar-refractivity contribution in [1.29, 1.82) is 0 Å². The normalized spacial score (nSPS) is 17.4. The maximum Gasteiger partial charge on any atom is 0.227 e. The number of anilines is 2. The molecule has 0 aromatic heterocycles. The van der Waals surface area contributed by atoms with Crippen LogP contribution >= 0.6 is 0 Å². The van der Waals surface area contributed by atoms with E-state index in [4.69, 9.17) is 0 Å². The lowest BCUT2D eigenvalue weighted by Gasteiger charge is -2.26. The smallest absolute Gasteiger partial charge is 0.227 e. The summed E-state index contributed by atoms with van der Waals surface area (Å²) in [4.78, 5) is 15.4. The summed E-state index contributed by atoms with van der Waals surface area (Å²) < 4.78 is 0. The zero-order chi connectivity index (χ0) is 18.5. The van der Waals surface area contributed by atoms with Crippen LogP contribution in [0.25, 0.3) is 0 Å². The summed E-state index contributed by atoms with van der Waals surface area (Å²) in [6, 6.07) is 2.26. The Morgan fingerprint density at radius 2 is 1.88 bits per heavy atom. The number of carbonyl (C=O) groups is 1. The van der Waals surface area contributed by atoms with Crippen molar-refractivity contribution >= 4 is 17.3 Å². The molecule has 1 aromatic rings. The number of nitrogens with zero attached hydrogens (tertiary/aromatic N) is 1. The van der Waals surface area contributed by atoms with E-state index in [2.05, 4.69) is 37.1 Å². The van der Waals surface area contributed by atoms with Crippen LogP contribution in [0.1, 0.15) is 81.4 Å². The van der Waals surface area contributed by atoms with Crippen molar-refractivity contribution in [3.63, 3.8) is 0 Å². The molecule has 1 saturated carbocycles. The maximum atomic E-state index is 12.9. The number of carbonyl (C=O) groups excluding carboxylic acids is 1. The molecule has 144 valence electrons. The Morgan fingerprint density at radius 3 is 2.62 bits per heavy atom. The third-order valence-corrected chi connectivity index (χ3v) is 6.28. The third-order valence-electron chi connectivity index (χ3n) is 6.28. The van der Waals surface area contributed by atoms with Crippen molar-refractivity contribution in [3.05, 3.63) is 22.8 Å². The van der Waals surface area contributed by atoms with Gasteiger partial charge in [0, 0.05) is 19.0 Å². The highest BCUT2D eigenvalue weighted by Gasteiger charge is 2.28. The number of fused-ring (bicyclic) bond motifs is 1. The van der Waals surface area contributed by atoms with E-state index < -0.39 is 0 Å². The Labute approximate surface area is 159 Å². The maximum absolute atomic E-state index is 12.9. The number of benzene rings is 1. The molecule has 3 rings (SSSR count). The highest BCUT2D eigenvalue weighted by Crippen LogP contribution is 2.41. The number of aryl methyl sites for hydroxylation is 2. The van der Waals surface area contributed by atoms with Crippen LogP contribution in [0.5, 0.6) is 0 Å². The summed E-state index contributed by atoms with van der Waals surface area (Å²) >= 11 is 0. The fraction of sp³-hybridized carbons (Fsp3) is 0.696. The van der Waals surface area contributed by atoms with Crippen molar-refractivity contribution in [2.24, 2.45) is 5.92 Å². The quantitative estimate of drug-likeness (QED) is 0.629. The van der Waals surface area contributed by atoms with Gasteiger partial charge in [0.25, 0.3) is 0 Å². The van der Waals surface area contributed by atoms with Gasteiger partial charge in [0.05, 0.1) is 11.4 Å². The van der Waals surface area contributed by atoms with E-state index in [0.717, 1.165) is 38.0 Å². The number of nitrogens with one attached hydrogen (secondary N) is 1. The fourth-order valence-electron chi connectivity index (χ4n) is 4.73. The van der Waals surface area contributed by atoms with Gasteiger partial charge in [-0.25, -0.2) is 0 Å². The minimum atomic E-state index is 0.208. The molecule has 3 nitrogen and oxygen atoms in total. The molecular weight excluding hydrogens is 320 g/mol. The van der Waals surface area contributed by atoms with Gasteiger partial charge in [0.2, 0.25) is 5.91 Å². The summed E-state index contributed by atoms with van der Waals surface area (Å²) in [7, 11) is 0. The molecule has 1 amide bonds. The van der Waals surface area contributed by atoms with Crippen LogP contribution in [0.2, 0.25) is 0 Å². The van der Waals surface area contributed by atoms with Crippen molar-refractivity contribution in [1.82, 2.24) is 0 Å². The van der Waals surface area contributed by atoms with Gasteiger partial charge >= 0.3 is 0 Å². The van der Waals surface area contributed by atoms with Crippen LogP contribution in [0.4, 0.5) is 11.4 Å². The first-order chi connectivity index (χ1) is 12.6. The van der Waals surface area contributed by atoms with Crippen LogP contribution in [0.3, 0.4) is 0 Å². The molecular formula is C23H36N2O. The van der Waals surface area contributed by atoms with Gasteiger partial charge < -0.3 is 10.2 Å². The number of rotatable bonds is 7. The first-order valence-corrected chi connectivity index (χ1v) is 10.8. The lowest BCUT2D eigenvalue weighted by Crippen LogP contribution is -2.27. The fourth-order valence-corrected chi connectivity index (χ4v) is 4.73. The first kappa shape index (κ1) is 19.3. The van der Waals surface area contributed by atoms with Crippen molar-refractivity contribution in [2.45, 2.75) is 85.0 Å². The predicted octanol–water partition coefficient (Wildman–Crippen LogP) is 5.77. The Hall–Kier alpha value is -1.51. The lowest BCUT2D eigenvalue weighted by atomic mass is 9.88. The zero-order valence-corrected chi connectivity index (χ0v) is 17.0. The first-order valence-electron chi connectivity index (χ1n) is 10.8. The van der Waals surface area contributed by atoms with Gasteiger partial charge in [-0.1, -0.05) is 51.5 Å². The van der Waals surface area contributed by atoms with Crippen molar-refractivity contribution < 1.29 is 4.79 Å². The summed E-state index contributed by atoms with van der Waals surface area (Å²) in [5.74, 6) is 0.455. The van der Waals surface area contributed by atoms with E-state index in [1.807, 2.05) is 0 Å². The lowest BCUT2D eigenvalue weighted by molar-refractivity contribution is -0.120. The number of hydrogen-bond donors (Lipinski definition) is 1. The molecule has 1 aromatic carbocycles. The molecule has 1 heterocycles. The highest BCUT2D eigenvalue weighted by molar-refractivity contribution is 5.98. The predicted molar refractivity (Wildman–Crippen MR) is 111 cm³/mol. The summed E-state index contributed by atoms with van der Waals surface area (Å²) in [6.07, 6.45) is 12.1. The Bertz CT molecular complexity index is 632. The van der Waals surface area contributed by atoms with Crippen LogP contribution in [-0.4, -0.2) is 19.0 Å². The minimum Gasteiger partial charge on any atom is -0.369 e. The third kappa shape index (κ3) is 4.24. The van der Waals surface area contributed by atoms with E-state index >= 15 is 0 Å². The second-order valence-electron chi connectivity index (χ2n) is 8.33. The van der Waals surface area contributed by atoms with Gasteiger partial charge in [-0.05, 0) is 56.2 Å². The SMILES string of the molecule is CCCCCCN1CCc2c(C)cc(C)c(NC(=O)C3CCCCC3)c21. The molecule has 0 spiro atoms. The molecule has 0 bridgehead atoms. The van der Waals surface area contributed by atoms with E-state index in [0.29, 0.717) is 0 Å². The molecule has 1 fully saturated rings. The molecule has 0 radical (unpaired) electrons. The molecule has 3 heteroatoms. The molecule has 0 saturated heterocycles. The minimum absolute atomic E-state index is 0.208. The number of amides is 1. The average molecular weight is 357 g/mol. The summed E-state index contributed by atoms with van der Waals surface area (Å²) in [5.41, 5.74) is 6.46. The molecule has 26 heavy (non-hydrogen) atoms. The molecule has 1 N–H and O–H groups in total. The second kappa shape index (κ2) is 8.92. The molecule has 2 aliphatic rings. The van der Waals surface area contributed by atoms with Crippen LogP contribution in [0.15, 0.2) is 6.07 Å². The molecule has 1 aliphatic carbocycles. The molecule has 0 unspecified atom stereocenters. The number of unbranched alkanes of at least 4 members (excludes halogenated alkanes) is 3. The Balaban J connectivity index is 1.79. The Kier molecular flexibility index (Phi) is 6.61. The Morgan fingerprint density at radius 1 is 1.12 bits per heavy atom. The average Bonchev–Trinajstić information content (AvgIpc) is 3.07. The van der Waals surface area contributed by atoms with Gasteiger partial charge in [-0.3, -0.25) is 4.79 Å². The van der Waals surface area contributed by atoms with Crippen LogP contribution in [0, 0.1) is 19.8 Å². The largest absolute Gasteiger partial charge is 0.369 e. The van der Waals surface area contributed by atoms with Gasteiger partial charge in [-0.2, -0.15) is 0 Å². The molecule has 0 atom stereocenters. The zero-order valence-electron chi connectivity index (χ0n) is 17.0. The van der Waals surface area contributed by atoms with E-state index in [9.17, 15) is 4.79 Å². The van der Waals surface area contributed by atoms with Crippen LogP contribution in [-0.2, 0) is 11.2 Å². The van der Waals surface area contributed by atoms with Gasteiger partial charge in [0.15, 0.2) is 0 Å². The van der Waals surface area contributed by atoms with E-state index in [1.54, 1.807) is 0 Å². The van der Waals surface area contributed by atoms with Crippen molar-refractivity contribution in [3.8, 4) is 0 Å². The standard InChI is InChI=1S/C23H36N2O/c1-4-5-6-10-14-25-15-13-20-17(2)16-18(3)21(22(20)25)24-23(26)19-11-8-7-9-12-19/h16,19H,4-15H2,1-3H3,(H,24,26). The highest BCUT2D eigenvalue weighted by atomic mass is 16.1. The second-order valence-corrected chi connectivity index (χ2v) is 8.33. The van der Waals surface area contributed by atoms with E-state index in [1.165, 1.54) is 67.3 Å². The van der Waals surface area contributed by atoms with Crippen LogP contribution < -0.4 is 10.2 Å². The number of hydrogen-bond acceptors (Lipinski definition) is 2. The van der Waals surface area contributed by atoms with Crippen molar-refractivity contribution in [2.75, 3.05) is 23.3 Å². The molecule has 1 aliphatic heterocycles. The summed E-state index contributed by atoms with van der Waals surface area (Å²) in [6.45, 7) is 8.84. The van der Waals surface area contributed by atoms with Gasteiger partial charge in [0.1, 0.15) is 0 Å². The topological polar surface area (TPSA) is 32.3 Å². The van der Waals surface area contributed by atoms with E-state index in [-0.39, 0.29) is 11.8 Å².